The van der Waals surface area contributed by atoms with Crippen LogP contribution in [0.3, 0.4) is 0 Å². The monoisotopic (exact) mass is 254 g/mol. The number of amides is 1. The summed E-state index contributed by atoms with van der Waals surface area (Å²) in [7, 11) is 1.69. The number of rotatable bonds is 1. The smallest absolute Gasteiger partial charge is 0.252 e. The van der Waals surface area contributed by atoms with Gasteiger partial charge in [0, 0.05) is 18.1 Å². The first-order chi connectivity index (χ1) is 9.20. The van der Waals surface area contributed by atoms with Crippen LogP contribution in [0.5, 0.6) is 0 Å². The predicted octanol–water partition coefficient (Wildman–Crippen LogP) is 2.78. The number of benzene rings is 1. The lowest BCUT2D eigenvalue weighted by Crippen LogP contribution is -2.22. The van der Waals surface area contributed by atoms with E-state index in [1.807, 2.05) is 13.0 Å². The SMILES string of the molecule is CNC(=O)c1c2c(nc3ccc(C)cc13)CCCC2. The van der Waals surface area contributed by atoms with Crippen LogP contribution in [0.25, 0.3) is 10.9 Å². The van der Waals surface area contributed by atoms with E-state index in [1.165, 1.54) is 6.42 Å². The van der Waals surface area contributed by atoms with Gasteiger partial charge in [-0.25, -0.2) is 0 Å². The maximum atomic E-state index is 12.3. The number of hydrogen-bond donors (Lipinski definition) is 1. The molecule has 2 aromatic rings. The van der Waals surface area contributed by atoms with Crippen LogP contribution in [0.15, 0.2) is 18.2 Å². The molecule has 3 rings (SSSR count). The van der Waals surface area contributed by atoms with Crippen LogP contribution in [0, 0.1) is 6.92 Å². The van der Waals surface area contributed by atoms with Crippen molar-refractivity contribution in [1.82, 2.24) is 10.3 Å². The standard InChI is InChI=1S/C16H18N2O/c1-10-7-8-14-12(9-10)15(16(19)17-2)11-5-3-4-6-13(11)18-14/h7-9H,3-6H2,1-2H3,(H,17,19). The lowest BCUT2D eigenvalue weighted by molar-refractivity contribution is 0.0963. The minimum Gasteiger partial charge on any atom is -0.355 e. The molecule has 0 aliphatic heterocycles. The molecule has 0 atom stereocenters. The van der Waals surface area contributed by atoms with Crippen LogP contribution < -0.4 is 5.32 Å². The zero-order chi connectivity index (χ0) is 13.4. The van der Waals surface area contributed by atoms with Crippen molar-refractivity contribution in [2.24, 2.45) is 0 Å². The second-order valence-electron chi connectivity index (χ2n) is 5.22. The van der Waals surface area contributed by atoms with Crippen LogP contribution in [0.2, 0.25) is 0 Å². The summed E-state index contributed by atoms with van der Waals surface area (Å²) in [5.41, 5.74) is 5.20. The van der Waals surface area contributed by atoms with E-state index in [2.05, 4.69) is 17.4 Å². The largest absolute Gasteiger partial charge is 0.355 e. The average Bonchev–Trinajstić information content (AvgIpc) is 2.44. The van der Waals surface area contributed by atoms with E-state index < -0.39 is 0 Å². The third kappa shape index (κ3) is 1.99. The first kappa shape index (κ1) is 12.2. The van der Waals surface area contributed by atoms with Gasteiger partial charge in [0.15, 0.2) is 0 Å². The first-order valence-electron chi connectivity index (χ1n) is 6.85. The van der Waals surface area contributed by atoms with Gasteiger partial charge in [0.05, 0.1) is 11.1 Å². The molecular formula is C16H18N2O. The molecule has 0 saturated heterocycles. The Morgan fingerprint density at radius 2 is 2.05 bits per heavy atom. The molecule has 0 fully saturated rings. The number of hydrogen-bond acceptors (Lipinski definition) is 2. The maximum Gasteiger partial charge on any atom is 0.252 e. The number of fused-ring (bicyclic) bond motifs is 2. The molecule has 0 radical (unpaired) electrons. The Bertz CT molecular complexity index is 661. The normalized spacial score (nSPS) is 14.2. The lowest BCUT2D eigenvalue weighted by atomic mass is 9.89. The zero-order valence-electron chi connectivity index (χ0n) is 11.4. The molecule has 1 aliphatic rings. The number of nitrogens with zero attached hydrogens (tertiary/aromatic N) is 1. The van der Waals surface area contributed by atoms with Gasteiger partial charge in [-0.05, 0) is 50.3 Å². The van der Waals surface area contributed by atoms with Gasteiger partial charge in [0.2, 0.25) is 0 Å². The van der Waals surface area contributed by atoms with Gasteiger partial charge >= 0.3 is 0 Å². The van der Waals surface area contributed by atoms with Crippen molar-refractivity contribution >= 4 is 16.8 Å². The second kappa shape index (κ2) is 4.65. The highest BCUT2D eigenvalue weighted by molar-refractivity contribution is 6.07. The third-order valence-corrected chi connectivity index (χ3v) is 3.87. The van der Waals surface area contributed by atoms with Crippen LogP contribution >= 0.6 is 0 Å². The quantitative estimate of drug-likeness (QED) is 0.850. The molecule has 1 N–H and O–H groups in total. The third-order valence-electron chi connectivity index (χ3n) is 3.87. The molecule has 1 amide bonds. The fraction of sp³-hybridized carbons (Fsp3) is 0.375. The van der Waals surface area contributed by atoms with Crippen LogP contribution in [-0.4, -0.2) is 17.9 Å². The number of pyridine rings is 1. The van der Waals surface area contributed by atoms with E-state index in [0.29, 0.717) is 0 Å². The number of nitrogens with one attached hydrogen (secondary N) is 1. The van der Waals surface area contributed by atoms with Gasteiger partial charge < -0.3 is 5.32 Å². The Kier molecular flexibility index (Phi) is 2.97. The Morgan fingerprint density at radius 1 is 1.26 bits per heavy atom. The van der Waals surface area contributed by atoms with E-state index in [-0.39, 0.29) is 5.91 Å². The summed E-state index contributed by atoms with van der Waals surface area (Å²) in [4.78, 5) is 17.0. The number of carbonyl (C=O) groups excluding carboxylic acids is 1. The molecule has 1 aromatic carbocycles. The van der Waals surface area contributed by atoms with E-state index in [0.717, 1.165) is 52.5 Å². The zero-order valence-corrected chi connectivity index (χ0v) is 11.4. The minimum atomic E-state index is 0.0103. The van der Waals surface area contributed by atoms with E-state index >= 15 is 0 Å². The van der Waals surface area contributed by atoms with Gasteiger partial charge in [-0.3, -0.25) is 9.78 Å². The highest BCUT2D eigenvalue weighted by Gasteiger charge is 2.21. The number of carbonyl (C=O) groups is 1. The van der Waals surface area contributed by atoms with Crippen molar-refractivity contribution in [1.29, 1.82) is 0 Å². The molecule has 1 aliphatic carbocycles. The van der Waals surface area contributed by atoms with Crippen molar-refractivity contribution in [3.8, 4) is 0 Å². The summed E-state index contributed by atoms with van der Waals surface area (Å²) in [6.45, 7) is 2.05. The summed E-state index contributed by atoms with van der Waals surface area (Å²) < 4.78 is 0. The summed E-state index contributed by atoms with van der Waals surface area (Å²) in [6.07, 6.45) is 4.28. The minimum absolute atomic E-state index is 0.0103. The molecule has 1 aromatic heterocycles. The molecular weight excluding hydrogens is 236 g/mol. The Morgan fingerprint density at radius 3 is 2.84 bits per heavy atom. The summed E-state index contributed by atoms with van der Waals surface area (Å²) in [5.74, 6) is 0.0103. The van der Waals surface area contributed by atoms with Crippen molar-refractivity contribution < 1.29 is 4.79 Å². The van der Waals surface area contributed by atoms with Gasteiger partial charge in [0.25, 0.3) is 5.91 Å². The van der Waals surface area contributed by atoms with Crippen molar-refractivity contribution in [3.05, 3.63) is 40.6 Å². The molecule has 0 saturated carbocycles. The molecule has 3 nitrogen and oxygen atoms in total. The van der Waals surface area contributed by atoms with E-state index in [4.69, 9.17) is 4.98 Å². The second-order valence-corrected chi connectivity index (χ2v) is 5.22. The van der Waals surface area contributed by atoms with Gasteiger partial charge in [0.1, 0.15) is 0 Å². The summed E-state index contributed by atoms with van der Waals surface area (Å²) in [6, 6.07) is 6.14. The average molecular weight is 254 g/mol. The van der Waals surface area contributed by atoms with E-state index in [1.54, 1.807) is 7.05 Å². The van der Waals surface area contributed by atoms with Gasteiger partial charge in [-0.1, -0.05) is 11.6 Å². The summed E-state index contributed by atoms with van der Waals surface area (Å²) >= 11 is 0. The van der Waals surface area contributed by atoms with Gasteiger partial charge in [-0.2, -0.15) is 0 Å². The molecule has 3 heteroatoms. The highest BCUT2D eigenvalue weighted by Crippen LogP contribution is 2.29. The van der Waals surface area contributed by atoms with Crippen LogP contribution in [-0.2, 0) is 12.8 Å². The van der Waals surface area contributed by atoms with Crippen LogP contribution in [0.4, 0.5) is 0 Å². The maximum absolute atomic E-state index is 12.3. The topological polar surface area (TPSA) is 42.0 Å². The molecule has 0 spiro atoms. The molecule has 19 heavy (non-hydrogen) atoms. The Hall–Kier alpha value is -1.90. The Balaban J connectivity index is 2.37. The molecule has 0 unspecified atom stereocenters. The van der Waals surface area contributed by atoms with Crippen LogP contribution in [0.1, 0.15) is 40.0 Å². The van der Waals surface area contributed by atoms with Crippen molar-refractivity contribution in [3.63, 3.8) is 0 Å². The molecule has 0 bridgehead atoms. The van der Waals surface area contributed by atoms with Gasteiger partial charge in [-0.15, -0.1) is 0 Å². The lowest BCUT2D eigenvalue weighted by Gasteiger charge is -2.20. The molecule has 1 heterocycles. The Labute approximate surface area is 113 Å². The fourth-order valence-corrected chi connectivity index (χ4v) is 2.92. The predicted molar refractivity (Wildman–Crippen MR) is 76.5 cm³/mol. The fourth-order valence-electron chi connectivity index (χ4n) is 2.92. The number of aromatic nitrogens is 1. The van der Waals surface area contributed by atoms with E-state index in [9.17, 15) is 4.79 Å². The summed E-state index contributed by atoms with van der Waals surface area (Å²) in [5, 5.41) is 3.76. The highest BCUT2D eigenvalue weighted by atomic mass is 16.1. The van der Waals surface area contributed by atoms with Crippen molar-refractivity contribution in [2.75, 3.05) is 7.05 Å². The first-order valence-corrected chi connectivity index (χ1v) is 6.85. The number of aryl methyl sites for hydroxylation is 2. The van der Waals surface area contributed by atoms with Crippen molar-refractivity contribution in [2.45, 2.75) is 32.6 Å². The molecule has 98 valence electrons.